The second kappa shape index (κ2) is 8.65. The average Bonchev–Trinajstić information content (AvgIpc) is 3.46. The van der Waals surface area contributed by atoms with Crippen molar-refractivity contribution in [2.45, 2.75) is 31.8 Å². The zero-order valence-electron chi connectivity index (χ0n) is 14.9. The zero-order chi connectivity index (χ0) is 20.3. The largest absolute Gasteiger partial charge is 0.351 e. The van der Waals surface area contributed by atoms with Crippen LogP contribution in [-0.4, -0.2) is 29.3 Å². The molecule has 1 N–H and O–H groups in total. The molecule has 0 radical (unpaired) electrons. The molecule has 148 valence electrons. The Morgan fingerprint density at radius 1 is 1.11 bits per heavy atom. The molecule has 2 aromatic carbocycles. The van der Waals surface area contributed by atoms with Gasteiger partial charge in [0.15, 0.2) is 0 Å². The Morgan fingerprint density at radius 3 is 2.50 bits per heavy atom. The molecule has 1 saturated carbocycles. The van der Waals surface area contributed by atoms with Crippen molar-refractivity contribution >= 4 is 23.4 Å². The molecule has 0 unspecified atom stereocenters. The van der Waals surface area contributed by atoms with Crippen molar-refractivity contribution in [1.82, 2.24) is 10.2 Å². The molecule has 0 heterocycles. The van der Waals surface area contributed by atoms with Crippen molar-refractivity contribution < 1.29 is 22.8 Å². The molecule has 0 aromatic heterocycles. The maximum absolute atomic E-state index is 14.0. The molecule has 1 aliphatic carbocycles. The molecule has 0 saturated heterocycles. The maximum atomic E-state index is 14.0. The third-order valence-electron chi connectivity index (χ3n) is 4.50. The van der Waals surface area contributed by atoms with Crippen LogP contribution in [0.5, 0.6) is 0 Å². The number of nitrogens with zero attached hydrogens (tertiary/aromatic N) is 1. The summed E-state index contributed by atoms with van der Waals surface area (Å²) in [6.07, 6.45) is 1.62. The zero-order valence-corrected chi connectivity index (χ0v) is 15.6. The van der Waals surface area contributed by atoms with Gasteiger partial charge in [-0.1, -0.05) is 17.7 Å². The second-order valence-electron chi connectivity index (χ2n) is 6.58. The van der Waals surface area contributed by atoms with E-state index in [0.29, 0.717) is 6.07 Å². The summed E-state index contributed by atoms with van der Waals surface area (Å²) in [5.41, 5.74) is -0.0483. The van der Waals surface area contributed by atoms with Crippen LogP contribution in [0.2, 0.25) is 5.02 Å². The van der Waals surface area contributed by atoms with Gasteiger partial charge in [0.1, 0.15) is 17.5 Å². The number of rotatable bonds is 7. The van der Waals surface area contributed by atoms with Crippen LogP contribution in [0, 0.1) is 17.5 Å². The first-order valence-corrected chi connectivity index (χ1v) is 9.20. The van der Waals surface area contributed by atoms with E-state index in [2.05, 4.69) is 5.32 Å². The lowest BCUT2D eigenvalue weighted by Gasteiger charge is -2.23. The third-order valence-corrected chi connectivity index (χ3v) is 4.85. The highest BCUT2D eigenvalue weighted by atomic mass is 35.5. The van der Waals surface area contributed by atoms with Gasteiger partial charge in [0.2, 0.25) is 5.91 Å². The maximum Gasteiger partial charge on any atom is 0.254 e. The molecular formula is C20H18ClF3N2O2. The van der Waals surface area contributed by atoms with Crippen molar-refractivity contribution in [2.75, 3.05) is 6.54 Å². The first-order valence-electron chi connectivity index (χ1n) is 8.82. The Bertz CT molecular complexity index is 883. The Morgan fingerprint density at radius 2 is 1.86 bits per heavy atom. The highest BCUT2D eigenvalue weighted by Gasteiger charge is 2.33. The van der Waals surface area contributed by atoms with Gasteiger partial charge < -0.3 is 10.2 Å². The number of carbonyl (C=O) groups excluding carboxylic acids is 2. The number of nitrogens with one attached hydrogen (secondary N) is 1. The summed E-state index contributed by atoms with van der Waals surface area (Å²) in [5, 5.41) is 2.69. The summed E-state index contributed by atoms with van der Waals surface area (Å²) in [4.78, 5) is 26.1. The van der Waals surface area contributed by atoms with E-state index < -0.39 is 23.4 Å². The minimum absolute atomic E-state index is 0.0217. The Balaban J connectivity index is 1.58. The highest BCUT2D eigenvalue weighted by Crippen LogP contribution is 2.31. The Labute approximate surface area is 165 Å². The molecule has 0 bridgehead atoms. The van der Waals surface area contributed by atoms with Crippen LogP contribution in [0.4, 0.5) is 13.2 Å². The van der Waals surface area contributed by atoms with E-state index in [1.54, 1.807) is 11.0 Å². The van der Waals surface area contributed by atoms with E-state index in [0.717, 1.165) is 25.0 Å². The van der Waals surface area contributed by atoms with Crippen LogP contribution in [0.25, 0.3) is 0 Å². The standard InChI is InChI=1S/C20H18ClF3N2O2/c21-16-2-1-3-17(23)15(16)11-26(13-5-6-13)19(27)8-9-25-20(28)14-7-4-12(22)10-18(14)24/h1-4,7,10,13H,5-6,8-9,11H2,(H,25,28). The molecule has 28 heavy (non-hydrogen) atoms. The van der Waals surface area contributed by atoms with Crippen LogP contribution >= 0.6 is 11.6 Å². The van der Waals surface area contributed by atoms with Crippen LogP contribution in [-0.2, 0) is 11.3 Å². The van der Waals surface area contributed by atoms with Gasteiger partial charge in [-0.05, 0) is 37.1 Å². The first-order chi connectivity index (χ1) is 13.4. The number of carbonyl (C=O) groups is 2. The SMILES string of the molecule is O=C(NCCC(=O)N(Cc1c(F)cccc1Cl)C1CC1)c1ccc(F)cc1F. The molecule has 2 aromatic rings. The van der Waals surface area contributed by atoms with Gasteiger partial charge in [0.25, 0.3) is 5.91 Å². The van der Waals surface area contributed by atoms with E-state index in [1.807, 2.05) is 0 Å². The molecule has 4 nitrogen and oxygen atoms in total. The van der Waals surface area contributed by atoms with E-state index in [1.165, 1.54) is 12.1 Å². The van der Waals surface area contributed by atoms with Crippen molar-refractivity contribution in [3.8, 4) is 0 Å². The predicted molar refractivity (Wildman–Crippen MR) is 98.3 cm³/mol. The van der Waals surface area contributed by atoms with E-state index in [-0.39, 0.29) is 47.6 Å². The summed E-state index contributed by atoms with van der Waals surface area (Å²) in [6.45, 7) is 0.0260. The van der Waals surface area contributed by atoms with Crippen LogP contribution < -0.4 is 5.32 Å². The van der Waals surface area contributed by atoms with Crippen molar-refractivity contribution in [2.24, 2.45) is 0 Å². The fourth-order valence-electron chi connectivity index (χ4n) is 2.86. The normalized spacial score (nSPS) is 13.3. The lowest BCUT2D eigenvalue weighted by Crippen LogP contribution is -2.36. The van der Waals surface area contributed by atoms with Gasteiger partial charge in [-0.2, -0.15) is 0 Å². The molecular weight excluding hydrogens is 393 g/mol. The fraction of sp³-hybridized carbons (Fsp3) is 0.300. The average molecular weight is 411 g/mol. The quantitative estimate of drug-likeness (QED) is 0.748. The van der Waals surface area contributed by atoms with Crippen LogP contribution in [0.15, 0.2) is 36.4 Å². The number of hydrogen-bond donors (Lipinski definition) is 1. The topological polar surface area (TPSA) is 49.4 Å². The van der Waals surface area contributed by atoms with Crippen LogP contribution in [0.3, 0.4) is 0 Å². The first kappa shape index (κ1) is 20.2. The number of benzene rings is 2. The molecule has 0 aliphatic heterocycles. The van der Waals surface area contributed by atoms with Gasteiger partial charge >= 0.3 is 0 Å². The van der Waals surface area contributed by atoms with Crippen LogP contribution in [0.1, 0.15) is 35.2 Å². The minimum atomic E-state index is -0.974. The third kappa shape index (κ3) is 4.84. The molecule has 1 fully saturated rings. The molecule has 1 aliphatic rings. The second-order valence-corrected chi connectivity index (χ2v) is 6.99. The number of amides is 2. The van der Waals surface area contributed by atoms with Gasteiger partial charge in [-0.15, -0.1) is 0 Å². The molecule has 2 amide bonds. The van der Waals surface area contributed by atoms with Crippen molar-refractivity contribution in [3.05, 3.63) is 70.0 Å². The van der Waals surface area contributed by atoms with E-state index in [9.17, 15) is 22.8 Å². The highest BCUT2D eigenvalue weighted by molar-refractivity contribution is 6.31. The predicted octanol–water partition coefficient (Wildman–Crippen LogP) is 4.07. The van der Waals surface area contributed by atoms with E-state index >= 15 is 0 Å². The smallest absolute Gasteiger partial charge is 0.254 e. The summed E-state index contributed by atoms with van der Waals surface area (Å²) < 4.78 is 40.6. The lowest BCUT2D eigenvalue weighted by atomic mass is 10.1. The van der Waals surface area contributed by atoms with Gasteiger partial charge in [0, 0.05) is 35.7 Å². The van der Waals surface area contributed by atoms with E-state index in [4.69, 9.17) is 11.6 Å². The Kier molecular flexibility index (Phi) is 6.24. The number of halogens is 4. The lowest BCUT2D eigenvalue weighted by molar-refractivity contribution is -0.132. The monoisotopic (exact) mass is 410 g/mol. The minimum Gasteiger partial charge on any atom is -0.351 e. The van der Waals surface area contributed by atoms with Gasteiger partial charge in [-0.25, -0.2) is 13.2 Å². The van der Waals surface area contributed by atoms with Crippen molar-refractivity contribution in [1.29, 1.82) is 0 Å². The molecule has 0 spiro atoms. The van der Waals surface area contributed by atoms with Crippen molar-refractivity contribution in [3.63, 3.8) is 0 Å². The van der Waals surface area contributed by atoms with Gasteiger partial charge in [-0.3, -0.25) is 9.59 Å². The fourth-order valence-corrected chi connectivity index (χ4v) is 3.08. The van der Waals surface area contributed by atoms with Gasteiger partial charge in [0.05, 0.1) is 12.1 Å². The number of hydrogen-bond acceptors (Lipinski definition) is 2. The summed E-state index contributed by atoms with van der Waals surface area (Å²) in [7, 11) is 0. The molecule has 3 rings (SSSR count). The molecule has 0 atom stereocenters. The summed E-state index contributed by atoms with van der Waals surface area (Å²) >= 11 is 6.05. The molecule has 8 heteroatoms. The summed E-state index contributed by atoms with van der Waals surface area (Å²) in [5.74, 6) is -3.23. The Hall–Kier alpha value is -2.54. The summed E-state index contributed by atoms with van der Waals surface area (Å²) in [6, 6.07) is 7.01.